The zero-order chi connectivity index (χ0) is 40.0. The highest BCUT2D eigenvalue weighted by Gasteiger charge is 2.36. The number of nitrogens with zero attached hydrogens (tertiary/aromatic N) is 5. The number of likely N-dealkylation sites (tertiary alicyclic amines) is 1. The molecule has 6 rings (SSSR count). The number of alkyl halides is 2. The third kappa shape index (κ3) is 11.4. The Kier molecular flexibility index (Phi) is 13.0. The molecule has 2 saturated heterocycles. The van der Waals surface area contributed by atoms with Crippen LogP contribution in [-0.2, 0) is 17.4 Å². The van der Waals surface area contributed by atoms with Crippen LogP contribution in [-0.4, -0.2) is 89.6 Å². The van der Waals surface area contributed by atoms with E-state index in [2.05, 4.69) is 84.2 Å². The predicted molar refractivity (Wildman–Crippen MR) is 218 cm³/mol. The standard InChI is InChI=1S/C21H29N7O.C20H29F2N3O/c1-21(2,3)17-11-15-13-28(20(29)27-18(15)26-17)16-7-5-14(6-8-16)12-24-9-4-10-25-19(22)23;1-19(2,3)16-12-15(13-17(14-16)24-10-6-23-7-11-24)18(26)25-8-4-20(21,22)5-9-25/h5-8,11,13,24H,4,9-10,12H2,1-3H3,(H4,22,23,25)(H,26,27,29);12-14,23H,4-11H2,1-3H3. The SMILES string of the molecule is CC(C)(C)c1cc(C(=O)N2CCC(F)(F)CC2)cc(N2CCNCC2)c1.CC(C)(C)c1cc2cn(-c3ccc(CNCCCN=C(N)N)cc3)c(=O)nc2[nH]1. The fourth-order valence-electron chi connectivity index (χ4n) is 6.50. The summed E-state index contributed by atoms with van der Waals surface area (Å²) in [7, 11) is 0. The van der Waals surface area contributed by atoms with Gasteiger partial charge in [0.1, 0.15) is 5.65 Å². The maximum absolute atomic E-state index is 13.4. The molecule has 0 bridgehead atoms. The largest absolute Gasteiger partial charge is 0.370 e. The molecule has 1 amide bonds. The third-order valence-corrected chi connectivity index (χ3v) is 9.96. The maximum Gasteiger partial charge on any atom is 0.354 e. The summed E-state index contributed by atoms with van der Waals surface area (Å²) in [6, 6.07) is 16.0. The molecule has 2 fully saturated rings. The van der Waals surface area contributed by atoms with Crippen molar-refractivity contribution in [2.45, 2.75) is 84.1 Å². The van der Waals surface area contributed by atoms with Gasteiger partial charge in [0.2, 0.25) is 0 Å². The van der Waals surface area contributed by atoms with Crippen molar-refractivity contribution >= 4 is 28.6 Å². The molecule has 12 nitrogen and oxygen atoms in total. The number of halogens is 2. The molecule has 0 atom stereocenters. The topological polar surface area (TPSA) is 163 Å². The van der Waals surface area contributed by atoms with E-state index in [9.17, 15) is 18.4 Å². The molecule has 2 aromatic carbocycles. The van der Waals surface area contributed by atoms with Crippen molar-refractivity contribution in [1.82, 2.24) is 30.1 Å². The number of carbonyl (C=O) groups is 1. The van der Waals surface area contributed by atoms with E-state index in [4.69, 9.17) is 11.5 Å². The first kappa shape index (κ1) is 41.3. The summed E-state index contributed by atoms with van der Waals surface area (Å²) in [5.74, 6) is -2.66. The number of hydrogen-bond acceptors (Lipinski definition) is 7. The van der Waals surface area contributed by atoms with Crippen molar-refractivity contribution in [2.75, 3.05) is 57.3 Å². The van der Waals surface area contributed by atoms with E-state index in [0.29, 0.717) is 17.8 Å². The Balaban J connectivity index is 0.000000212. The van der Waals surface area contributed by atoms with Gasteiger partial charge in [-0.2, -0.15) is 4.98 Å². The normalized spacial score (nSPS) is 16.1. The summed E-state index contributed by atoms with van der Waals surface area (Å²) in [4.78, 5) is 40.7. The van der Waals surface area contributed by atoms with Gasteiger partial charge in [-0.25, -0.2) is 13.6 Å². The van der Waals surface area contributed by atoms with E-state index in [-0.39, 0.29) is 54.3 Å². The Morgan fingerprint density at radius 3 is 2.22 bits per heavy atom. The van der Waals surface area contributed by atoms with Crippen LogP contribution in [0.4, 0.5) is 14.5 Å². The first-order valence-corrected chi connectivity index (χ1v) is 19.2. The number of rotatable bonds is 9. The number of nitrogens with one attached hydrogen (secondary N) is 3. The van der Waals surface area contributed by atoms with Gasteiger partial charge in [0.05, 0.1) is 5.69 Å². The number of fused-ring (bicyclic) bond motifs is 1. The number of hydrogen-bond donors (Lipinski definition) is 5. The van der Waals surface area contributed by atoms with Gasteiger partial charge in [-0.1, -0.05) is 53.7 Å². The smallest absolute Gasteiger partial charge is 0.354 e. The van der Waals surface area contributed by atoms with Gasteiger partial charge in [0, 0.05) is 99.1 Å². The van der Waals surface area contributed by atoms with Crippen LogP contribution in [0.25, 0.3) is 16.7 Å². The molecule has 0 saturated carbocycles. The molecule has 4 heterocycles. The second-order valence-electron chi connectivity index (χ2n) is 16.5. The lowest BCUT2D eigenvalue weighted by molar-refractivity contribution is -0.0494. The minimum Gasteiger partial charge on any atom is -0.370 e. The highest BCUT2D eigenvalue weighted by molar-refractivity contribution is 5.95. The number of aromatic nitrogens is 3. The van der Waals surface area contributed by atoms with Gasteiger partial charge in [-0.3, -0.25) is 14.4 Å². The van der Waals surface area contributed by atoms with Gasteiger partial charge in [0.25, 0.3) is 11.8 Å². The summed E-state index contributed by atoms with van der Waals surface area (Å²) in [6.07, 6.45) is 2.21. The third-order valence-electron chi connectivity index (χ3n) is 9.96. The number of H-pyrrole nitrogens is 1. The zero-order valence-corrected chi connectivity index (χ0v) is 33.1. The number of piperidine rings is 1. The minimum absolute atomic E-state index is 0.0352. The van der Waals surface area contributed by atoms with Crippen LogP contribution < -0.4 is 32.7 Å². The van der Waals surface area contributed by atoms with E-state index >= 15 is 0 Å². The van der Waals surface area contributed by atoms with Crippen molar-refractivity contribution in [3.05, 3.63) is 87.6 Å². The maximum atomic E-state index is 13.4. The Hall–Kier alpha value is -4.82. The van der Waals surface area contributed by atoms with Gasteiger partial charge in [-0.05, 0) is 65.9 Å². The molecule has 2 aliphatic rings. The van der Waals surface area contributed by atoms with Crippen LogP contribution in [0.15, 0.2) is 64.5 Å². The Morgan fingerprint density at radius 2 is 1.60 bits per heavy atom. The number of amides is 1. The monoisotopic (exact) mass is 760 g/mol. The van der Waals surface area contributed by atoms with Crippen LogP contribution in [0.5, 0.6) is 0 Å². The first-order valence-electron chi connectivity index (χ1n) is 19.2. The number of guanidine groups is 1. The van der Waals surface area contributed by atoms with Gasteiger partial charge in [0.15, 0.2) is 5.96 Å². The zero-order valence-electron chi connectivity index (χ0n) is 33.1. The molecule has 0 radical (unpaired) electrons. The molecule has 55 heavy (non-hydrogen) atoms. The minimum atomic E-state index is -2.64. The lowest BCUT2D eigenvalue weighted by atomic mass is 9.85. The van der Waals surface area contributed by atoms with Crippen molar-refractivity contribution < 1.29 is 13.6 Å². The molecule has 0 spiro atoms. The molecule has 0 aliphatic carbocycles. The number of aliphatic imine (C=N–C) groups is 1. The highest BCUT2D eigenvalue weighted by Crippen LogP contribution is 2.32. The Bertz CT molecular complexity index is 1990. The molecular formula is C41H58F2N10O2. The van der Waals surface area contributed by atoms with Gasteiger partial charge < -0.3 is 36.9 Å². The molecule has 14 heteroatoms. The van der Waals surface area contributed by atoms with Crippen LogP contribution in [0.3, 0.4) is 0 Å². The molecule has 4 aromatic rings. The average molecular weight is 761 g/mol. The van der Waals surface area contributed by atoms with Crippen molar-refractivity contribution in [1.29, 1.82) is 0 Å². The predicted octanol–water partition coefficient (Wildman–Crippen LogP) is 5.03. The lowest BCUT2D eigenvalue weighted by Gasteiger charge is -2.34. The molecule has 298 valence electrons. The van der Waals surface area contributed by atoms with Crippen molar-refractivity contribution in [2.24, 2.45) is 16.5 Å². The highest BCUT2D eigenvalue weighted by atomic mass is 19.3. The van der Waals surface area contributed by atoms with E-state index < -0.39 is 5.92 Å². The molecule has 0 unspecified atom stereocenters. The summed E-state index contributed by atoms with van der Waals surface area (Å²) < 4.78 is 28.4. The van der Waals surface area contributed by atoms with Gasteiger partial charge >= 0.3 is 5.69 Å². The fraction of sp³-hybridized carbons (Fsp3) is 0.512. The number of nitrogens with two attached hydrogens (primary N) is 2. The van der Waals surface area contributed by atoms with Crippen molar-refractivity contribution in [3.63, 3.8) is 0 Å². The summed E-state index contributed by atoms with van der Waals surface area (Å²) >= 11 is 0. The molecule has 2 aliphatic heterocycles. The summed E-state index contributed by atoms with van der Waals surface area (Å²) in [5.41, 5.74) is 16.5. The summed E-state index contributed by atoms with van der Waals surface area (Å²) in [6.45, 7) is 18.8. The van der Waals surface area contributed by atoms with E-state index in [1.165, 1.54) is 0 Å². The Labute approximate surface area is 322 Å². The van der Waals surface area contributed by atoms with Crippen LogP contribution in [0.1, 0.15) is 88.0 Å². The molecule has 2 aromatic heterocycles. The quantitative estimate of drug-likeness (QED) is 0.0902. The van der Waals surface area contributed by atoms with E-state index in [1.54, 1.807) is 9.47 Å². The number of piperazine rings is 1. The lowest BCUT2D eigenvalue weighted by Crippen LogP contribution is -2.44. The van der Waals surface area contributed by atoms with Gasteiger partial charge in [-0.15, -0.1) is 0 Å². The molecule has 7 N–H and O–H groups in total. The first-order chi connectivity index (χ1) is 25.9. The van der Waals surface area contributed by atoms with Crippen LogP contribution in [0, 0.1) is 0 Å². The number of carbonyl (C=O) groups excluding carboxylic acids is 1. The van der Waals surface area contributed by atoms with Crippen molar-refractivity contribution in [3.8, 4) is 5.69 Å². The van der Waals surface area contributed by atoms with E-state index in [0.717, 1.165) is 79.3 Å². The van der Waals surface area contributed by atoms with Crippen LogP contribution in [0.2, 0.25) is 0 Å². The fourth-order valence-corrected chi connectivity index (χ4v) is 6.50. The number of aromatic amines is 1. The van der Waals surface area contributed by atoms with Crippen LogP contribution >= 0.6 is 0 Å². The summed E-state index contributed by atoms with van der Waals surface area (Å²) in [5, 5.41) is 7.61. The molecular weight excluding hydrogens is 703 g/mol. The Morgan fingerprint density at radius 1 is 0.927 bits per heavy atom. The number of anilines is 1. The van der Waals surface area contributed by atoms with E-state index in [1.807, 2.05) is 42.6 Å². The number of benzene rings is 2. The second-order valence-corrected chi connectivity index (χ2v) is 16.5. The second kappa shape index (κ2) is 17.3. The average Bonchev–Trinajstić information content (AvgIpc) is 3.56.